The van der Waals surface area contributed by atoms with E-state index in [9.17, 15) is 9.59 Å². The number of rotatable bonds is 7. The van der Waals surface area contributed by atoms with Crippen molar-refractivity contribution in [2.24, 2.45) is 0 Å². The number of nitrogens with zero attached hydrogens (tertiary/aromatic N) is 2. The van der Waals surface area contributed by atoms with Gasteiger partial charge in [0.15, 0.2) is 0 Å². The number of hydrogen-bond acceptors (Lipinski definition) is 4. The molecule has 0 atom stereocenters. The molecule has 0 spiro atoms. The zero-order chi connectivity index (χ0) is 14.4. The van der Waals surface area contributed by atoms with Crippen LogP contribution in [0.2, 0.25) is 0 Å². The summed E-state index contributed by atoms with van der Waals surface area (Å²) in [7, 11) is 0. The van der Waals surface area contributed by atoms with Gasteiger partial charge in [-0.05, 0) is 12.8 Å². The van der Waals surface area contributed by atoms with Crippen LogP contribution in [0.5, 0.6) is 0 Å². The van der Waals surface area contributed by atoms with Crippen molar-refractivity contribution >= 4 is 12.0 Å². The summed E-state index contributed by atoms with van der Waals surface area (Å²) in [4.78, 5) is 26.7. The fourth-order valence-electron chi connectivity index (χ4n) is 2.41. The number of carbonyl (C=O) groups excluding carboxylic acids is 1. The molecule has 2 rings (SSSR count). The molecule has 1 saturated heterocycles. The molecule has 1 heterocycles. The van der Waals surface area contributed by atoms with Crippen molar-refractivity contribution in [2.75, 3.05) is 45.8 Å². The molecular formula is C13H24N4O3. The van der Waals surface area contributed by atoms with Crippen molar-refractivity contribution in [3.8, 4) is 0 Å². The largest absolute Gasteiger partial charge is 0.481 e. The highest BCUT2D eigenvalue weighted by molar-refractivity contribution is 5.76. The first-order valence-corrected chi connectivity index (χ1v) is 7.36. The number of carbonyl (C=O) groups is 2. The van der Waals surface area contributed by atoms with Gasteiger partial charge in [0.1, 0.15) is 0 Å². The van der Waals surface area contributed by atoms with Crippen LogP contribution in [0.3, 0.4) is 0 Å². The van der Waals surface area contributed by atoms with Gasteiger partial charge in [0.2, 0.25) is 0 Å². The molecule has 0 unspecified atom stereocenters. The number of urea groups is 1. The van der Waals surface area contributed by atoms with Gasteiger partial charge in [-0.25, -0.2) is 4.79 Å². The Morgan fingerprint density at radius 3 is 2.60 bits per heavy atom. The van der Waals surface area contributed by atoms with Crippen LogP contribution >= 0.6 is 0 Å². The van der Waals surface area contributed by atoms with Gasteiger partial charge in [-0.3, -0.25) is 9.69 Å². The summed E-state index contributed by atoms with van der Waals surface area (Å²) in [6, 6.07) is 0.123. The molecule has 114 valence electrons. The lowest BCUT2D eigenvalue weighted by Gasteiger charge is -2.28. The third kappa shape index (κ3) is 4.97. The Labute approximate surface area is 119 Å². The zero-order valence-corrected chi connectivity index (χ0v) is 11.8. The SMILES string of the molecule is O=C(O)CCN(C(=O)NCCN1CCNCC1)C1CC1. The van der Waals surface area contributed by atoms with E-state index in [1.165, 1.54) is 0 Å². The molecule has 1 saturated carbocycles. The van der Waals surface area contributed by atoms with E-state index in [4.69, 9.17) is 5.11 Å². The Morgan fingerprint density at radius 1 is 1.30 bits per heavy atom. The number of carboxylic acid groups (broad SMARTS) is 1. The first kappa shape index (κ1) is 15.1. The van der Waals surface area contributed by atoms with Crippen LogP contribution in [0, 0.1) is 0 Å². The topological polar surface area (TPSA) is 84.9 Å². The molecule has 0 aromatic carbocycles. The third-order valence-corrected chi connectivity index (χ3v) is 3.73. The minimum absolute atomic E-state index is 0.0156. The average molecular weight is 284 g/mol. The highest BCUT2D eigenvalue weighted by atomic mass is 16.4. The second kappa shape index (κ2) is 7.44. The molecule has 1 aliphatic carbocycles. The van der Waals surface area contributed by atoms with Crippen LogP contribution in [0.1, 0.15) is 19.3 Å². The lowest BCUT2D eigenvalue weighted by Crippen LogP contribution is -2.48. The van der Waals surface area contributed by atoms with E-state index in [0.717, 1.165) is 45.6 Å². The molecule has 20 heavy (non-hydrogen) atoms. The highest BCUT2D eigenvalue weighted by Gasteiger charge is 2.32. The molecule has 7 heteroatoms. The Morgan fingerprint density at radius 2 is 2.00 bits per heavy atom. The van der Waals surface area contributed by atoms with Crippen molar-refractivity contribution in [1.29, 1.82) is 0 Å². The first-order chi connectivity index (χ1) is 9.66. The van der Waals surface area contributed by atoms with Crippen molar-refractivity contribution < 1.29 is 14.7 Å². The Hall–Kier alpha value is -1.34. The normalized spacial score (nSPS) is 19.6. The molecular weight excluding hydrogens is 260 g/mol. The van der Waals surface area contributed by atoms with E-state index in [2.05, 4.69) is 15.5 Å². The van der Waals surface area contributed by atoms with E-state index in [-0.39, 0.29) is 18.5 Å². The molecule has 3 N–H and O–H groups in total. The van der Waals surface area contributed by atoms with Gasteiger partial charge in [0.25, 0.3) is 0 Å². The molecule has 0 aromatic rings. The van der Waals surface area contributed by atoms with Gasteiger partial charge >= 0.3 is 12.0 Å². The van der Waals surface area contributed by atoms with Crippen molar-refractivity contribution in [3.05, 3.63) is 0 Å². The van der Waals surface area contributed by atoms with E-state index < -0.39 is 5.97 Å². The zero-order valence-electron chi connectivity index (χ0n) is 11.8. The molecule has 0 radical (unpaired) electrons. The van der Waals surface area contributed by atoms with Crippen LogP contribution < -0.4 is 10.6 Å². The number of piperazine rings is 1. The Bertz CT molecular complexity index is 341. The third-order valence-electron chi connectivity index (χ3n) is 3.73. The smallest absolute Gasteiger partial charge is 0.317 e. The van der Waals surface area contributed by atoms with Gasteiger partial charge in [-0.1, -0.05) is 0 Å². The average Bonchev–Trinajstić information content (AvgIpc) is 3.24. The summed E-state index contributed by atoms with van der Waals surface area (Å²) < 4.78 is 0. The van der Waals surface area contributed by atoms with E-state index >= 15 is 0 Å². The number of aliphatic carboxylic acids is 1. The number of amides is 2. The van der Waals surface area contributed by atoms with E-state index in [0.29, 0.717) is 13.1 Å². The van der Waals surface area contributed by atoms with Gasteiger partial charge < -0.3 is 20.6 Å². The van der Waals surface area contributed by atoms with Gasteiger partial charge in [0.05, 0.1) is 6.42 Å². The van der Waals surface area contributed by atoms with Crippen LogP contribution in [-0.2, 0) is 4.79 Å². The molecule has 2 fully saturated rings. The van der Waals surface area contributed by atoms with E-state index in [1.807, 2.05) is 0 Å². The summed E-state index contributed by atoms with van der Waals surface area (Å²) in [5.41, 5.74) is 0. The van der Waals surface area contributed by atoms with Gasteiger partial charge in [0, 0.05) is 51.9 Å². The number of nitrogens with one attached hydrogen (secondary N) is 2. The summed E-state index contributed by atoms with van der Waals surface area (Å²) in [6.07, 6.45) is 2.00. The molecule has 7 nitrogen and oxygen atoms in total. The van der Waals surface area contributed by atoms with Crippen LogP contribution in [0.4, 0.5) is 4.79 Å². The maximum absolute atomic E-state index is 12.1. The van der Waals surface area contributed by atoms with Crippen molar-refractivity contribution in [2.45, 2.75) is 25.3 Å². The predicted molar refractivity (Wildman–Crippen MR) is 74.7 cm³/mol. The first-order valence-electron chi connectivity index (χ1n) is 7.36. The fraction of sp³-hybridized carbons (Fsp3) is 0.846. The minimum atomic E-state index is -0.857. The summed E-state index contributed by atoms with van der Waals surface area (Å²) in [6.45, 7) is 5.81. The van der Waals surface area contributed by atoms with Crippen LogP contribution in [-0.4, -0.2) is 78.8 Å². The second-order valence-corrected chi connectivity index (χ2v) is 5.39. The molecule has 0 bridgehead atoms. The number of carboxylic acids is 1. The van der Waals surface area contributed by atoms with Crippen LogP contribution in [0.15, 0.2) is 0 Å². The summed E-state index contributed by atoms with van der Waals surface area (Å²) >= 11 is 0. The summed E-state index contributed by atoms with van der Waals surface area (Å²) in [5, 5.41) is 14.9. The van der Waals surface area contributed by atoms with Crippen LogP contribution in [0.25, 0.3) is 0 Å². The minimum Gasteiger partial charge on any atom is -0.481 e. The highest BCUT2D eigenvalue weighted by Crippen LogP contribution is 2.26. The molecule has 1 aliphatic heterocycles. The standard InChI is InChI=1S/C13H24N4O3/c18-12(19)3-7-17(11-1-2-11)13(20)15-6-10-16-8-4-14-5-9-16/h11,14H,1-10H2,(H,15,20)(H,18,19). The van der Waals surface area contributed by atoms with E-state index in [1.54, 1.807) is 4.90 Å². The molecule has 2 amide bonds. The molecule has 0 aromatic heterocycles. The lowest BCUT2D eigenvalue weighted by molar-refractivity contribution is -0.137. The lowest BCUT2D eigenvalue weighted by atomic mass is 10.3. The maximum Gasteiger partial charge on any atom is 0.317 e. The fourth-order valence-corrected chi connectivity index (χ4v) is 2.41. The maximum atomic E-state index is 12.1. The number of hydrogen-bond donors (Lipinski definition) is 3. The molecule has 2 aliphatic rings. The van der Waals surface area contributed by atoms with Crippen molar-refractivity contribution in [3.63, 3.8) is 0 Å². The predicted octanol–water partition coefficient (Wildman–Crippen LogP) is -0.460. The van der Waals surface area contributed by atoms with Gasteiger partial charge in [-0.15, -0.1) is 0 Å². The van der Waals surface area contributed by atoms with Crippen molar-refractivity contribution in [1.82, 2.24) is 20.4 Å². The Balaban J connectivity index is 1.66. The quantitative estimate of drug-likeness (QED) is 0.589. The Kier molecular flexibility index (Phi) is 5.60. The summed E-state index contributed by atoms with van der Waals surface area (Å²) in [5.74, 6) is -0.857. The second-order valence-electron chi connectivity index (χ2n) is 5.39. The monoisotopic (exact) mass is 284 g/mol. The van der Waals surface area contributed by atoms with Gasteiger partial charge in [-0.2, -0.15) is 0 Å².